The molecule has 3 aromatic rings. The van der Waals surface area contributed by atoms with Gasteiger partial charge in [0.2, 0.25) is 12.7 Å². The molecule has 0 saturated heterocycles. The number of hydrogen-bond acceptors (Lipinski definition) is 7. The number of benzene rings is 1. The third-order valence-corrected chi connectivity index (χ3v) is 5.36. The standard InChI is InChI=1S/C19H20N4O4S/c1-3-23-18(14-6-7-25-12(14)2)21-22-19(23)28-10-17(24)20-9-13-4-5-15-16(8-13)27-11-26-15/h4-8H,3,9-11H2,1-2H3,(H,20,24). The van der Waals surface area contributed by atoms with Crippen molar-refractivity contribution in [3.63, 3.8) is 0 Å². The highest BCUT2D eigenvalue weighted by molar-refractivity contribution is 7.99. The van der Waals surface area contributed by atoms with E-state index in [4.69, 9.17) is 13.9 Å². The molecule has 0 fully saturated rings. The van der Waals surface area contributed by atoms with E-state index in [2.05, 4.69) is 15.5 Å². The van der Waals surface area contributed by atoms with Crippen molar-refractivity contribution in [2.45, 2.75) is 32.1 Å². The zero-order chi connectivity index (χ0) is 19.5. The maximum absolute atomic E-state index is 12.3. The van der Waals surface area contributed by atoms with Crippen LogP contribution < -0.4 is 14.8 Å². The number of ether oxygens (including phenoxy) is 2. The molecule has 1 amide bonds. The normalized spacial score (nSPS) is 12.4. The van der Waals surface area contributed by atoms with E-state index in [1.165, 1.54) is 11.8 Å². The number of aryl methyl sites for hydroxylation is 1. The summed E-state index contributed by atoms with van der Waals surface area (Å²) in [5, 5.41) is 12.1. The second kappa shape index (κ2) is 7.97. The number of carbonyl (C=O) groups is 1. The van der Waals surface area contributed by atoms with Crippen LogP contribution in [0.5, 0.6) is 11.5 Å². The smallest absolute Gasteiger partial charge is 0.231 e. The van der Waals surface area contributed by atoms with Crippen LogP contribution >= 0.6 is 11.8 Å². The maximum atomic E-state index is 12.3. The number of carbonyl (C=O) groups excluding carboxylic acids is 1. The van der Waals surface area contributed by atoms with Crippen molar-refractivity contribution in [2.75, 3.05) is 12.5 Å². The van der Waals surface area contributed by atoms with Gasteiger partial charge in [0.1, 0.15) is 5.76 Å². The van der Waals surface area contributed by atoms with Crippen molar-refractivity contribution in [1.82, 2.24) is 20.1 Å². The zero-order valence-corrected chi connectivity index (χ0v) is 16.4. The third-order valence-electron chi connectivity index (χ3n) is 4.39. The predicted molar refractivity (Wildman–Crippen MR) is 103 cm³/mol. The maximum Gasteiger partial charge on any atom is 0.231 e. The quantitative estimate of drug-likeness (QED) is 0.610. The summed E-state index contributed by atoms with van der Waals surface area (Å²) in [5.41, 5.74) is 1.87. The minimum Gasteiger partial charge on any atom is -0.469 e. The number of nitrogens with one attached hydrogen (secondary N) is 1. The molecular formula is C19H20N4O4S. The molecule has 0 saturated carbocycles. The van der Waals surface area contributed by atoms with Gasteiger partial charge in [0, 0.05) is 13.1 Å². The van der Waals surface area contributed by atoms with Gasteiger partial charge in [-0.15, -0.1) is 10.2 Å². The topological polar surface area (TPSA) is 91.4 Å². The predicted octanol–water partition coefficient (Wildman–Crippen LogP) is 3.00. The fourth-order valence-electron chi connectivity index (χ4n) is 2.93. The van der Waals surface area contributed by atoms with E-state index in [9.17, 15) is 4.79 Å². The van der Waals surface area contributed by atoms with Crippen molar-refractivity contribution >= 4 is 17.7 Å². The lowest BCUT2D eigenvalue weighted by atomic mass is 10.2. The van der Waals surface area contributed by atoms with E-state index in [1.54, 1.807) is 6.26 Å². The number of furan rings is 1. The SMILES string of the molecule is CCn1c(SCC(=O)NCc2ccc3c(c2)OCO3)nnc1-c1ccoc1C. The number of nitrogens with zero attached hydrogens (tertiary/aromatic N) is 3. The van der Waals surface area contributed by atoms with E-state index in [0.29, 0.717) is 24.0 Å². The van der Waals surface area contributed by atoms with E-state index in [1.807, 2.05) is 42.7 Å². The first kappa shape index (κ1) is 18.4. The Hall–Kier alpha value is -2.94. The van der Waals surface area contributed by atoms with Crippen molar-refractivity contribution in [3.05, 3.63) is 41.9 Å². The van der Waals surface area contributed by atoms with E-state index in [-0.39, 0.29) is 18.5 Å². The Morgan fingerprint density at radius 1 is 1.25 bits per heavy atom. The van der Waals surface area contributed by atoms with Gasteiger partial charge in [-0.2, -0.15) is 0 Å². The van der Waals surface area contributed by atoms with Crippen LogP contribution in [0.25, 0.3) is 11.4 Å². The fourth-order valence-corrected chi connectivity index (χ4v) is 3.76. The molecule has 0 radical (unpaired) electrons. The highest BCUT2D eigenvalue weighted by atomic mass is 32.2. The first-order chi connectivity index (χ1) is 13.7. The second-order valence-electron chi connectivity index (χ2n) is 6.19. The number of thioether (sulfide) groups is 1. The minimum absolute atomic E-state index is 0.0747. The summed E-state index contributed by atoms with van der Waals surface area (Å²) in [6, 6.07) is 7.51. The van der Waals surface area contributed by atoms with E-state index in [0.717, 1.165) is 28.5 Å². The van der Waals surface area contributed by atoms with Crippen LogP contribution in [0.1, 0.15) is 18.2 Å². The van der Waals surface area contributed by atoms with Crippen LogP contribution in [-0.2, 0) is 17.9 Å². The van der Waals surface area contributed by atoms with E-state index < -0.39 is 0 Å². The van der Waals surface area contributed by atoms with Crippen molar-refractivity contribution in [1.29, 1.82) is 0 Å². The molecule has 28 heavy (non-hydrogen) atoms. The molecule has 0 spiro atoms. The summed E-state index contributed by atoms with van der Waals surface area (Å²) < 4.78 is 18.0. The first-order valence-electron chi connectivity index (χ1n) is 8.91. The first-order valence-corrected chi connectivity index (χ1v) is 9.90. The fraction of sp³-hybridized carbons (Fsp3) is 0.316. The molecule has 3 heterocycles. The Balaban J connectivity index is 1.35. The molecule has 4 rings (SSSR count). The average molecular weight is 400 g/mol. The van der Waals surface area contributed by atoms with Gasteiger partial charge in [0.15, 0.2) is 22.5 Å². The van der Waals surface area contributed by atoms with Crippen LogP contribution in [0.2, 0.25) is 0 Å². The molecular weight excluding hydrogens is 380 g/mol. The number of fused-ring (bicyclic) bond motifs is 1. The number of hydrogen-bond donors (Lipinski definition) is 1. The molecule has 1 aliphatic heterocycles. The Morgan fingerprint density at radius 2 is 2.11 bits per heavy atom. The van der Waals surface area contributed by atoms with Gasteiger partial charge in [-0.05, 0) is 37.6 Å². The van der Waals surface area contributed by atoms with Gasteiger partial charge in [-0.25, -0.2) is 0 Å². The van der Waals surface area contributed by atoms with E-state index >= 15 is 0 Å². The van der Waals surface area contributed by atoms with Crippen LogP contribution in [0.3, 0.4) is 0 Å². The van der Waals surface area contributed by atoms with Crippen molar-refractivity contribution in [2.24, 2.45) is 0 Å². The molecule has 0 bridgehead atoms. The number of amides is 1. The molecule has 9 heteroatoms. The Labute approximate surface area is 166 Å². The molecule has 0 atom stereocenters. The Kier molecular flexibility index (Phi) is 5.25. The average Bonchev–Trinajstić information content (AvgIpc) is 3.42. The molecule has 1 aliphatic rings. The van der Waals surface area contributed by atoms with Crippen molar-refractivity contribution < 1.29 is 18.7 Å². The molecule has 0 aliphatic carbocycles. The van der Waals surface area contributed by atoms with Crippen molar-refractivity contribution in [3.8, 4) is 22.9 Å². The summed E-state index contributed by atoms with van der Waals surface area (Å²) in [6.07, 6.45) is 1.63. The van der Waals surface area contributed by atoms with Crippen LogP contribution in [0.4, 0.5) is 0 Å². The lowest BCUT2D eigenvalue weighted by molar-refractivity contribution is -0.118. The Morgan fingerprint density at radius 3 is 2.89 bits per heavy atom. The lowest BCUT2D eigenvalue weighted by Gasteiger charge is -2.08. The molecule has 1 N–H and O–H groups in total. The van der Waals surface area contributed by atoms with Gasteiger partial charge >= 0.3 is 0 Å². The number of aromatic nitrogens is 3. The Bertz CT molecular complexity index is 998. The molecule has 8 nitrogen and oxygen atoms in total. The monoisotopic (exact) mass is 400 g/mol. The lowest BCUT2D eigenvalue weighted by Crippen LogP contribution is -2.24. The van der Waals surface area contributed by atoms with Gasteiger partial charge in [-0.3, -0.25) is 4.79 Å². The highest BCUT2D eigenvalue weighted by Crippen LogP contribution is 2.32. The third kappa shape index (κ3) is 3.70. The van der Waals surface area contributed by atoms with Gasteiger partial charge in [-0.1, -0.05) is 17.8 Å². The van der Waals surface area contributed by atoms with Crippen LogP contribution in [0.15, 0.2) is 40.1 Å². The van der Waals surface area contributed by atoms with Crippen LogP contribution in [0, 0.1) is 6.92 Å². The molecule has 1 aromatic carbocycles. The second-order valence-corrected chi connectivity index (χ2v) is 7.14. The highest BCUT2D eigenvalue weighted by Gasteiger charge is 2.17. The van der Waals surface area contributed by atoms with Gasteiger partial charge in [0.05, 0.1) is 17.6 Å². The summed E-state index contributed by atoms with van der Waals surface area (Å²) >= 11 is 1.36. The van der Waals surface area contributed by atoms with Gasteiger partial charge in [0.25, 0.3) is 0 Å². The zero-order valence-electron chi connectivity index (χ0n) is 15.6. The minimum atomic E-state index is -0.0747. The number of rotatable bonds is 7. The van der Waals surface area contributed by atoms with Gasteiger partial charge < -0.3 is 23.8 Å². The van der Waals surface area contributed by atoms with Crippen LogP contribution in [-0.4, -0.2) is 33.2 Å². The molecule has 0 unspecified atom stereocenters. The summed E-state index contributed by atoms with van der Waals surface area (Å²) in [7, 11) is 0. The largest absolute Gasteiger partial charge is 0.469 e. The summed E-state index contributed by atoms with van der Waals surface area (Å²) in [4.78, 5) is 12.3. The summed E-state index contributed by atoms with van der Waals surface area (Å²) in [5.74, 6) is 3.16. The molecule has 2 aromatic heterocycles. The summed E-state index contributed by atoms with van der Waals surface area (Å²) in [6.45, 7) is 5.27. The molecule has 146 valence electrons.